The van der Waals surface area contributed by atoms with Crippen molar-refractivity contribution < 1.29 is 14.6 Å². The second-order valence-corrected chi connectivity index (χ2v) is 5.52. The van der Waals surface area contributed by atoms with Crippen LogP contribution in [0.1, 0.15) is 44.2 Å². The molecule has 0 spiro atoms. The minimum absolute atomic E-state index is 0.272. The minimum Gasteiger partial charge on any atom is -0.493 e. The maximum Gasteiger partial charge on any atom is 0.323 e. The molecule has 1 aromatic rings. The Morgan fingerprint density at radius 3 is 2.63 bits per heavy atom. The lowest BCUT2D eigenvalue weighted by molar-refractivity contribution is -0.143. The number of carbonyl (C=O) groups is 1. The average Bonchev–Trinajstić information content (AvgIpc) is 2.28. The first-order chi connectivity index (χ1) is 8.74. The van der Waals surface area contributed by atoms with E-state index in [0.717, 1.165) is 16.9 Å². The molecule has 19 heavy (non-hydrogen) atoms. The van der Waals surface area contributed by atoms with Gasteiger partial charge in [-0.3, -0.25) is 4.79 Å². The molecule has 0 bridgehead atoms. The monoisotopic (exact) mass is 265 g/mol. The van der Waals surface area contributed by atoms with Crippen LogP contribution in [-0.2, 0) is 4.79 Å². The molecule has 0 saturated heterocycles. The van der Waals surface area contributed by atoms with Gasteiger partial charge in [-0.05, 0) is 37.0 Å². The van der Waals surface area contributed by atoms with E-state index in [1.54, 1.807) is 0 Å². The van der Waals surface area contributed by atoms with E-state index < -0.39 is 11.5 Å². The second kappa shape index (κ2) is 6.06. The Kier molecular flexibility index (Phi) is 4.95. The molecule has 1 atom stereocenters. The standard InChI is InChI=1S/C15H23NO3/c1-10(2)12-6-5-11(3)9-13(12)19-8-7-15(4,16)14(17)18/h5-6,9-10H,7-8,16H2,1-4H3,(H,17,18). The molecule has 0 heterocycles. The van der Waals surface area contributed by atoms with E-state index in [9.17, 15) is 4.79 Å². The Morgan fingerprint density at radius 2 is 2.11 bits per heavy atom. The van der Waals surface area contributed by atoms with Gasteiger partial charge in [-0.2, -0.15) is 0 Å². The van der Waals surface area contributed by atoms with Crippen molar-refractivity contribution in [3.63, 3.8) is 0 Å². The van der Waals surface area contributed by atoms with Gasteiger partial charge in [0.05, 0.1) is 6.61 Å². The Labute approximate surface area is 114 Å². The molecular weight excluding hydrogens is 242 g/mol. The molecule has 0 aromatic heterocycles. The molecule has 4 heteroatoms. The van der Waals surface area contributed by atoms with Gasteiger partial charge in [0.25, 0.3) is 0 Å². The van der Waals surface area contributed by atoms with Gasteiger partial charge in [0.1, 0.15) is 11.3 Å². The summed E-state index contributed by atoms with van der Waals surface area (Å²) in [6, 6.07) is 6.07. The van der Waals surface area contributed by atoms with Crippen LogP contribution in [0.15, 0.2) is 18.2 Å². The Bertz CT molecular complexity index is 453. The van der Waals surface area contributed by atoms with E-state index in [1.807, 2.05) is 25.1 Å². The number of carboxylic acid groups (broad SMARTS) is 1. The van der Waals surface area contributed by atoms with E-state index in [4.69, 9.17) is 15.6 Å². The van der Waals surface area contributed by atoms with Gasteiger partial charge in [0, 0.05) is 6.42 Å². The number of benzene rings is 1. The number of carboxylic acids is 1. The van der Waals surface area contributed by atoms with Crippen molar-refractivity contribution in [1.82, 2.24) is 0 Å². The lowest BCUT2D eigenvalue weighted by Gasteiger charge is -2.20. The highest BCUT2D eigenvalue weighted by Crippen LogP contribution is 2.27. The molecule has 4 nitrogen and oxygen atoms in total. The van der Waals surface area contributed by atoms with E-state index in [0.29, 0.717) is 12.5 Å². The summed E-state index contributed by atoms with van der Waals surface area (Å²) < 4.78 is 5.72. The van der Waals surface area contributed by atoms with Crippen LogP contribution in [0.4, 0.5) is 0 Å². The van der Waals surface area contributed by atoms with Gasteiger partial charge in [-0.1, -0.05) is 26.0 Å². The fraction of sp³-hybridized carbons (Fsp3) is 0.533. The largest absolute Gasteiger partial charge is 0.493 e. The third kappa shape index (κ3) is 4.24. The zero-order valence-corrected chi connectivity index (χ0v) is 12.1. The number of aryl methyl sites for hydroxylation is 1. The van der Waals surface area contributed by atoms with Gasteiger partial charge in [-0.15, -0.1) is 0 Å². The first-order valence-electron chi connectivity index (χ1n) is 6.49. The lowest BCUT2D eigenvalue weighted by Crippen LogP contribution is -2.45. The zero-order valence-electron chi connectivity index (χ0n) is 12.1. The van der Waals surface area contributed by atoms with Crippen molar-refractivity contribution in [2.75, 3.05) is 6.61 Å². The molecule has 0 aliphatic carbocycles. The smallest absolute Gasteiger partial charge is 0.323 e. The molecule has 0 fully saturated rings. The predicted octanol–water partition coefficient (Wildman–Crippen LogP) is 2.69. The topological polar surface area (TPSA) is 72.5 Å². The summed E-state index contributed by atoms with van der Waals surface area (Å²) in [5.41, 5.74) is 6.67. The molecule has 106 valence electrons. The second-order valence-electron chi connectivity index (χ2n) is 5.52. The van der Waals surface area contributed by atoms with Gasteiger partial charge >= 0.3 is 5.97 Å². The van der Waals surface area contributed by atoms with Crippen molar-refractivity contribution in [3.8, 4) is 5.75 Å². The number of rotatable bonds is 6. The summed E-state index contributed by atoms with van der Waals surface area (Å²) in [4.78, 5) is 10.9. The Hall–Kier alpha value is -1.55. The molecule has 3 N–H and O–H groups in total. The molecular formula is C15H23NO3. The first-order valence-corrected chi connectivity index (χ1v) is 6.49. The molecule has 0 aliphatic rings. The van der Waals surface area contributed by atoms with Crippen molar-refractivity contribution in [2.45, 2.75) is 45.6 Å². The Balaban J connectivity index is 2.72. The molecule has 1 rings (SSSR count). The third-order valence-corrected chi connectivity index (χ3v) is 3.16. The molecule has 1 aromatic carbocycles. The summed E-state index contributed by atoms with van der Waals surface area (Å²) in [7, 11) is 0. The van der Waals surface area contributed by atoms with E-state index in [1.165, 1.54) is 6.92 Å². The average molecular weight is 265 g/mol. The van der Waals surface area contributed by atoms with Crippen LogP contribution in [0.3, 0.4) is 0 Å². The summed E-state index contributed by atoms with van der Waals surface area (Å²) >= 11 is 0. The summed E-state index contributed by atoms with van der Waals surface area (Å²) in [5, 5.41) is 8.94. The number of hydrogen-bond acceptors (Lipinski definition) is 3. The predicted molar refractivity (Wildman–Crippen MR) is 75.6 cm³/mol. The maximum absolute atomic E-state index is 10.9. The van der Waals surface area contributed by atoms with Crippen molar-refractivity contribution >= 4 is 5.97 Å². The molecule has 1 unspecified atom stereocenters. The quantitative estimate of drug-likeness (QED) is 0.829. The van der Waals surface area contributed by atoms with Crippen molar-refractivity contribution in [2.24, 2.45) is 5.73 Å². The zero-order chi connectivity index (χ0) is 14.6. The molecule has 0 amide bonds. The summed E-state index contributed by atoms with van der Waals surface area (Å²) in [6.45, 7) is 7.99. The van der Waals surface area contributed by atoms with Crippen LogP contribution in [0.5, 0.6) is 5.75 Å². The van der Waals surface area contributed by atoms with Gasteiger partial charge in [0.2, 0.25) is 0 Å². The third-order valence-electron chi connectivity index (χ3n) is 3.16. The van der Waals surface area contributed by atoms with Crippen molar-refractivity contribution in [1.29, 1.82) is 0 Å². The van der Waals surface area contributed by atoms with Crippen LogP contribution < -0.4 is 10.5 Å². The normalized spacial score (nSPS) is 14.2. The van der Waals surface area contributed by atoms with Crippen LogP contribution in [0.25, 0.3) is 0 Å². The summed E-state index contributed by atoms with van der Waals surface area (Å²) in [6.07, 6.45) is 0.272. The van der Waals surface area contributed by atoms with Gasteiger partial charge in [-0.25, -0.2) is 0 Å². The molecule has 0 radical (unpaired) electrons. The minimum atomic E-state index is -1.25. The molecule has 0 saturated carbocycles. The van der Waals surface area contributed by atoms with E-state index >= 15 is 0 Å². The Morgan fingerprint density at radius 1 is 1.47 bits per heavy atom. The van der Waals surface area contributed by atoms with E-state index in [-0.39, 0.29) is 6.42 Å². The highest BCUT2D eigenvalue weighted by atomic mass is 16.5. The fourth-order valence-electron chi connectivity index (χ4n) is 1.72. The van der Waals surface area contributed by atoms with Gasteiger partial charge in [0.15, 0.2) is 0 Å². The highest BCUT2D eigenvalue weighted by Gasteiger charge is 2.27. The van der Waals surface area contributed by atoms with Crippen LogP contribution in [0.2, 0.25) is 0 Å². The van der Waals surface area contributed by atoms with Crippen molar-refractivity contribution in [3.05, 3.63) is 29.3 Å². The fourth-order valence-corrected chi connectivity index (χ4v) is 1.72. The summed E-state index contributed by atoms with van der Waals surface area (Å²) in [5.74, 6) is 0.167. The molecule has 0 aliphatic heterocycles. The SMILES string of the molecule is Cc1ccc(C(C)C)c(OCCC(C)(N)C(=O)O)c1. The number of aliphatic carboxylic acids is 1. The van der Waals surface area contributed by atoms with E-state index in [2.05, 4.69) is 13.8 Å². The maximum atomic E-state index is 10.9. The number of ether oxygens (including phenoxy) is 1. The van der Waals surface area contributed by atoms with Crippen LogP contribution >= 0.6 is 0 Å². The lowest BCUT2D eigenvalue weighted by atomic mass is 9.99. The van der Waals surface area contributed by atoms with Crippen LogP contribution in [0, 0.1) is 6.92 Å². The van der Waals surface area contributed by atoms with Crippen LogP contribution in [-0.4, -0.2) is 23.2 Å². The highest BCUT2D eigenvalue weighted by molar-refractivity contribution is 5.77. The first kappa shape index (κ1) is 15.5. The number of hydrogen-bond donors (Lipinski definition) is 2. The van der Waals surface area contributed by atoms with Gasteiger partial charge < -0.3 is 15.6 Å². The number of nitrogens with two attached hydrogens (primary N) is 1.